The van der Waals surface area contributed by atoms with Crippen molar-refractivity contribution in [3.8, 4) is 0 Å². The summed E-state index contributed by atoms with van der Waals surface area (Å²) < 4.78 is 39.5. The molecule has 1 N–H and O–H groups in total. The number of nitrogens with one attached hydrogen (secondary N) is 1. The molecule has 0 unspecified atom stereocenters. The first-order chi connectivity index (χ1) is 15.6. The highest BCUT2D eigenvalue weighted by molar-refractivity contribution is 7.92. The molecule has 2 aromatic carbocycles. The minimum absolute atomic E-state index is 0.0459. The molecule has 0 aliphatic heterocycles. The van der Waals surface area contributed by atoms with E-state index in [9.17, 15) is 22.4 Å². The summed E-state index contributed by atoms with van der Waals surface area (Å²) in [5.41, 5.74) is 1.30. The molecule has 7 nitrogen and oxygen atoms in total. The highest BCUT2D eigenvalue weighted by atomic mass is 35.5. The van der Waals surface area contributed by atoms with E-state index in [1.54, 1.807) is 6.92 Å². The molecular weight excluding hydrogens is 481 g/mol. The lowest BCUT2D eigenvalue weighted by molar-refractivity contribution is -0.140. The molecule has 0 heterocycles. The molecule has 186 valence electrons. The number of nitrogens with zero attached hydrogens (tertiary/aromatic N) is 2. The third kappa shape index (κ3) is 7.70. The van der Waals surface area contributed by atoms with Gasteiger partial charge in [-0.1, -0.05) is 41.4 Å². The number of carbonyl (C=O) groups is 2. The van der Waals surface area contributed by atoms with Crippen LogP contribution in [0.3, 0.4) is 0 Å². The summed E-state index contributed by atoms with van der Waals surface area (Å²) in [6.07, 6.45) is 0.943. The normalized spacial score (nSPS) is 12.7. The Hall–Kier alpha value is -2.65. The van der Waals surface area contributed by atoms with Gasteiger partial charge in [-0.3, -0.25) is 13.9 Å². The average molecular weight is 512 g/mol. The number of carbonyl (C=O) groups excluding carboxylic acids is 2. The number of benzene rings is 2. The molecule has 0 spiro atoms. The van der Waals surface area contributed by atoms with Gasteiger partial charge in [0.05, 0.1) is 17.0 Å². The van der Waals surface area contributed by atoms with Gasteiger partial charge in [-0.2, -0.15) is 0 Å². The maximum Gasteiger partial charge on any atom is 0.244 e. The zero-order chi connectivity index (χ0) is 25.8. The van der Waals surface area contributed by atoms with Crippen LogP contribution in [0.2, 0.25) is 5.02 Å². The van der Waals surface area contributed by atoms with E-state index >= 15 is 0 Å². The van der Waals surface area contributed by atoms with Crippen LogP contribution in [0, 0.1) is 12.7 Å². The van der Waals surface area contributed by atoms with Gasteiger partial charge in [0.15, 0.2) is 0 Å². The number of hydrogen-bond donors (Lipinski definition) is 1. The lowest BCUT2D eigenvalue weighted by Crippen LogP contribution is -2.54. The fraction of sp³-hybridized carbons (Fsp3) is 0.417. The quantitative estimate of drug-likeness (QED) is 0.582. The summed E-state index contributed by atoms with van der Waals surface area (Å²) in [5, 5.41) is 2.59. The van der Waals surface area contributed by atoms with Gasteiger partial charge in [0.1, 0.15) is 18.4 Å². The molecule has 2 aromatic rings. The SMILES string of the molecule is Cc1cccc(CN(C(=O)CN(c2ccc(F)c(Cl)c2)S(C)(=O)=O)[C@@H](C)C(=O)NC(C)(C)C)c1. The van der Waals surface area contributed by atoms with Crippen molar-refractivity contribution < 1.29 is 22.4 Å². The minimum atomic E-state index is -3.93. The van der Waals surface area contributed by atoms with Crippen molar-refractivity contribution in [3.05, 3.63) is 64.4 Å². The molecule has 0 radical (unpaired) electrons. The molecule has 2 rings (SSSR count). The van der Waals surface area contributed by atoms with Gasteiger partial charge in [-0.25, -0.2) is 12.8 Å². The van der Waals surface area contributed by atoms with Crippen molar-refractivity contribution >= 4 is 39.1 Å². The van der Waals surface area contributed by atoms with Crippen molar-refractivity contribution in [2.75, 3.05) is 17.1 Å². The maximum atomic E-state index is 13.6. The summed E-state index contributed by atoms with van der Waals surface area (Å²) in [7, 11) is -3.93. The third-order valence-electron chi connectivity index (χ3n) is 4.97. The Labute approximate surface area is 205 Å². The van der Waals surface area contributed by atoms with Crippen LogP contribution < -0.4 is 9.62 Å². The number of hydrogen-bond acceptors (Lipinski definition) is 4. The number of anilines is 1. The molecule has 0 saturated heterocycles. The van der Waals surface area contributed by atoms with Crippen LogP contribution >= 0.6 is 11.6 Å². The van der Waals surface area contributed by atoms with Crippen LogP contribution in [0.5, 0.6) is 0 Å². The molecule has 0 aliphatic rings. The van der Waals surface area contributed by atoms with Crippen LogP contribution in [0.15, 0.2) is 42.5 Å². The van der Waals surface area contributed by atoms with Crippen LogP contribution in [-0.4, -0.2) is 49.5 Å². The predicted octanol–water partition coefficient (Wildman–Crippen LogP) is 3.89. The van der Waals surface area contributed by atoms with E-state index in [0.29, 0.717) is 0 Å². The first-order valence-electron chi connectivity index (χ1n) is 10.7. The highest BCUT2D eigenvalue weighted by Crippen LogP contribution is 2.25. The van der Waals surface area contributed by atoms with Crippen molar-refractivity contribution in [3.63, 3.8) is 0 Å². The Morgan fingerprint density at radius 1 is 1.15 bits per heavy atom. The van der Waals surface area contributed by atoms with Crippen molar-refractivity contribution in [1.29, 1.82) is 0 Å². The first-order valence-corrected chi connectivity index (χ1v) is 12.9. The highest BCUT2D eigenvalue weighted by Gasteiger charge is 2.31. The van der Waals surface area contributed by atoms with Crippen molar-refractivity contribution in [2.24, 2.45) is 0 Å². The van der Waals surface area contributed by atoms with E-state index < -0.39 is 39.9 Å². The summed E-state index contributed by atoms with van der Waals surface area (Å²) in [5.74, 6) is -1.67. The Bertz CT molecular complexity index is 1170. The fourth-order valence-electron chi connectivity index (χ4n) is 3.32. The van der Waals surface area contributed by atoms with Gasteiger partial charge in [-0.05, 0) is 58.4 Å². The van der Waals surface area contributed by atoms with E-state index in [0.717, 1.165) is 33.8 Å². The zero-order valence-electron chi connectivity index (χ0n) is 20.2. The standard InChI is InChI=1S/C24H31ClFN3O4S/c1-16-8-7-9-18(12-16)14-28(17(2)23(31)27-24(3,4)5)22(30)15-29(34(6,32)33)19-10-11-21(26)20(25)13-19/h7-13,17H,14-15H2,1-6H3,(H,27,31)/t17-/m0/s1. The molecule has 0 aliphatic carbocycles. The van der Waals surface area contributed by atoms with Gasteiger partial charge < -0.3 is 10.2 Å². The Kier molecular flexibility index (Phi) is 8.71. The molecule has 2 amide bonds. The van der Waals surface area contributed by atoms with Crippen molar-refractivity contribution in [1.82, 2.24) is 10.2 Å². The van der Waals surface area contributed by atoms with E-state index in [1.165, 1.54) is 11.0 Å². The molecule has 10 heteroatoms. The van der Waals surface area contributed by atoms with Crippen LogP contribution in [0.4, 0.5) is 10.1 Å². The Morgan fingerprint density at radius 3 is 2.32 bits per heavy atom. The molecule has 0 fully saturated rings. The largest absolute Gasteiger partial charge is 0.350 e. The molecule has 34 heavy (non-hydrogen) atoms. The van der Waals surface area contributed by atoms with E-state index in [2.05, 4.69) is 5.32 Å². The monoisotopic (exact) mass is 511 g/mol. The summed E-state index contributed by atoms with van der Waals surface area (Å²) in [6.45, 7) is 8.50. The van der Waals surface area contributed by atoms with Crippen LogP contribution in [0.1, 0.15) is 38.8 Å². The summed E-state index contributed by atoms with van der Waals surface area (Å²) >= 11 is 5.84. The van der Waals surface area contributed by atoms with E-state index in [-0.39, 0.29) is 23.2 Å². The molecular formula is C24H31ClFN3O4S. The topological polar surface area (TPSA) is 86.8 Å². The van der Waals surface area contributed by atoms with E-state index in [1.807, 2.05) is 52.0 Å². The molecule has 1 atom stereocenters. The predicted molar refractivity (Wildman–Crippen MR) is 133 cm³/mol. The second kappa shape index (κ2) is 10.7. The van der Waals surface area contributed by atoms with Gasteiger partial charge in [-0.15, -0.1) is 0 Å². The van der Waals surface area contributed by atoms with Crippen LogP contribution in [-0.2, 0) is 26.2 Å². The Balaban J connectivity index is 2.43. The lowest BCUT2D eigenvalue weighted by Gasteiger charge is -2.33. The molecule has 0 aromatic heterocycles. The maximum absolute atomic E-state index is 13.6. The Morgan fingerprint density at radius 2 is 1.79 bits per heavy atom. The first kappa shape index (κ1) is 27.6. The zero-order valence-corrected chi connectivity index (χ0v) is 21.8. The smallest absolute Gasteiger partial charge is 0.244 e. The summed E-state index contributed by atoms with van der Waals surface area (Å²) in [4.78, 5) is 27.7. The van der Waals surface area contributed by atoms with Crippen molar-refractivity contribution in [2.45, 2.75) is 52.7 Å². The number of sulfonamides is 1. The number of halogens is 2. The minimum Gasteiger partial charge on any atom is -0.350 e. The second-order valence-corrected chi connectivity index (χ2v) is 11.6. The van der Waals surface area contributed by atoms with Gasteiger partial charge >= 0.3 is 0 Å². The number of rotatable bonds is 8. The van der Waals surface area contributed by atoms with Gasteiger partial charge in [0, 0.05) is 12.1 Å². The van der Waals surface area contributed by atoms with Gasteiger partial charge in [0.2, 0.25) is 21.8 Å². The lowest BCUT2D eigenvalue weighted by atomic mass is 10.1. The van der Waals surface area contributed by atoms with Crippen LogP contribution in [0.25, 0.3) is 0 Å². The summed E-state index contributed by atoms with van der Waals surface area (Å²) in [6, 6.07) is 10.0. The number of amides is 2. The average Bonchev–Trinajstić information content (AvgIpc) is 2.69. The van der Waals surface area contributed by atoms with E-state index in [4.69, 9.17) is 11.6 Å². The van der Waals surface area contributed by atoms with Gasteiger partial charge in [0.25, 0.3) is 0 Å². The molecule has 0 bridgehead atoms. The molecule has 0 saturated carbocycles. The third-order valence-corrected chi connectivity index (χ3v) is 6.40. The number of aryl methyl sites for hydroxylation is 1. The second-order valence-electron chi connectivity index (χ2n) is 9.29. The fourth-order valence-corrected chi connectivity index (χ4v) is 4.33.